The number of sulfone groups is 1. The largest absolute Gasteiger partial charge is 0.300 e. The van der Waals surface area contributed by atoms with Crippen LogP contribution in [0.4, 0.5) is 0 Å². The summed E-state index contributed by atoms with van der Waals surface area (Å²) in [5, 5.41) is 2.83. The van der Waals surface area contributed by atoms with Crippen LogP contribution in [0.15, 0.2) is 25.3 Å². The molecule has 1 unspecified atom stereocenters. The van der Waals surface area contributed by atoms with E-state index in [1.54, 1.807) is 6.08 Å². The maximum Gasteiger partial charge on any atom is 0.186 e. The van der Waals surface area contributed by atoms with E-state index in [0.29, 0.717) is 13.0 Å². The van der Waals surface area contributed by atoms with Crippen molar-refractivity contribution in [3.8, 4) is 0 Å². The Morgan fingerprint density at radius 3 is 2.44 bits per heavy atom. The molecule has 0 amide bonds. The Morgan fingerprint density at radius 1 is 1.38 bits per heavy atom. The summed E-state index contributed by atoms with van der Waals surface area (Å²) < 4.78 is 23.9. The van der Waals surface area contributed by atoms with Crippen LogP contribution in [0.1, 0.15) is 26.2 Å². The molecule has 0 saturated heterocycles. The van der Waals surface area contributed by atoms with Crippen molar-refractivity contribution in [2.75, 3.05) is 12.3 Å². The van der Waals surface area contributed by atoms with Crippen LogP contribution in [0.2, 0.25) is 0 Å². The molecule has 16 heavy (non-hydrogen) atoms. The van der Waals surface area contributed by atoms with Crippen LogP contribution < -0.4 is 11.1 Å². The minimum Gasteiger partial charge on any atom is -0.300 e. The van der Waals surface area contributed by atoms with Crippen LogP contribution in [0.5, 0.6) is 0 Å². The molecule has 0 heterocycles. The zero-order valence-electron chi connectivity index (χ0n) is 9.91. The van der Waals surface area contributed by atoms with Crippen molar-refractivity contribution in [2.24, 2.45) is 5.73 Å². The van der Waals surface area contributed by atoms with Crippen LogP contribution in [-0.2, 0) is 9.84 Å². The van der Waals surface area contributed by atoms with E-state index in [1.165, 1.54) is 6.08 Å². The predicted molar refractivity (Wildman–Crippen MR) is 68.6 cm³/mol. The molecule has 0 aliphatic rings. The molecule has 0 aromatic heterocycles. The first-order chi connectivity index (χ1) is 7.43. The van der Waals surface area contributed by atoms with Crippen LogP contribution in [-0.4, -0.2) is 25.7 Å². The quantitative estimate of drug-likeness (QED) is 0.473. The lowest BCUT2D eigenvalue weighted by Crippen LogP contribution is -2.60. The smallest absolute Gasteiger partial charge is 0.186 e. The molecule has 94 valence electrons. The molecule has 1 atom stereocenters. The SMILES string of the molecule is C=CCNC(N)(CCCC)S(=O)(=O)CC=C. The molecule has 0 saturated carbocycles. The van der Waals surface area contributed by atoms with Crippen LogP contribution >= 0.6 is 0 Å². The van der Waals surface area contributed by atoms with Crippen molar-refractivity contribution in [3.63, 3.8) is 0 Å². The number of hydrogen-bond acceptors (Lipinski definition) is 4. The summed E-state index contributed by atoms with van der Waals surface area (Å²) >= 11 is 0. The third kappa shape index (κ3) is 4.08. The number of nitrogens with two attached hydrogens (primary N) is 1. The number of unbranched alkanes of at least 4 members (excludes halogenated alkanes) is 1. The zero-order chi connectivity index (χ0) is 12.7. The molecule has 0 spiro atoms. The summed E-state index contributed by atoms with van der Waals surface area (Å²) in [5.41, 5.74) is 5.94. The highest BCUT2D eigenvalue weighted by atomic mass is 32.2. The van der Waals surface area contributed by atoms with Gasteiger partial charge in [-0.15, -0.1) is 13.2 Å². The van der Waals surface area contributed by atoms with Crippen LogP contribution in [0.3, 0.4) is 0 Å². The van der Waals surface area contributed by atoms with E-state index < -0.39 is 14.8 Å². The molecule has 0 aromatic rings. The molecule has 0 bridgehead atoms. The minimum absolute atomic E-state index is 0.114. The normalized spacial score (nSPS) is 15.4. The molecule has 5 heteroatoms. The number of nitrogens with one attached hydrogen (secondary N) is 1. The van der Waals surface area contributed by atoms with E-state index in [9.17, 15) is 8.42 Å². The maximum absolute atomic E-state index is 12.0. The Morgan fingerprint density at radius 2 is 2.00 bits per heavy atom. The Kier molecular flexibility index (Phi) is 6.55. The van der Waals surface area contributed by atoms with Crippen molar-refractivity contribution >= 4 is 9.84 Å². The van der Waals surface area contributed by atoms with E-state index in [4.69, 9.17) is 5.73 Å². The standard InChI is InChI=1S/C11H22N2O2S/c1-4-7-8-11(12,13-9-5-2)16(14,15)10-6-3/h5-6,13H,2-4,7-10,12H2,1H3. The molecule has 3 N–H and O–H groups in total. The number of hydrogen-bond donors (Lipinski definition) is 2. The Balaban J connectivity index is 4.88. The zero-order valence-corrected chi connectivity index (χ0v) is 10.7. The van der Waals surface area contributed by atoms with Gasteiger partial charge in [-0.25, -0.2) is 8.42 Å². The van der Waals surface area contributed by atoms with Crippen molar-refractivity contribution in [2.45, 2.75) is 31.2 Å². The van der Waals surface area contributed by atoms with Crippen LogP contribution in [0, 0.1) is 0 Å². The van der Waals surface area contributed by atoms with Gasteiger partial charge in [0.1, 0.15) is 0 Å². The van der Waals surface area contributed by atoms with Gasteiger partial charge in [0, 0.05) is 6.54 Å². The highest BCUT2D eigenvalue weighted by molar-refractivity contribution is 7.92. The van der Waals surface area contributed by atoms with E-state index in [2.05, 4.69) is 18.5 Å². The van der Waals surface area contributed by atoms with Gasteiger partial charge in [0.15, 0.2) is 14.8 Å². The Bertz CT molecular complexity index is 325. The van der Waals surface area contributed by atoms with Crippen molar-refractivity contribution in [3.05, 3.63) is 25.3 Å². The van der Waals surface area contributed by atoms with Gasteiger partial charge >= 0.3 is 0 Å². The second-order valence-corrected chi connectivity index (χ2v) is 6.02. The van der Waals surface area contributed by atoms with E-state index in [0.717, 1.165) is 12.8 Å². The molecule has 0 rings (SSSR count). The van der Waals surface area contributed by atoms with Gasteiger partial charge in [0.2, 0.25) is 0 Å². The Labute approximate surface area is 98.5 Å². The summed E-state index contributed by atoms with van der Waals surface area (Å²) in [7, 11) is -3.42. The molecular formula is C11H22N2O2S. The average Bonchev–Trinajstić information content (AvgIpc) is 2.23. The van der Waals surface area contributed by atoms with Crippen molar-refractivity contribution in [1.82, 2.24) is 5.32 Å². The molecule has 0 aliphatic carbocycles. The summed E-state index contributed by atoms with van der Waals surface area (Å²) in [6.07, 6.45) is 5.01. The lowest BCUT2D eigenvalue weighted by molar-refractivity contribution is 0.415. The van der Waals surface area contributed by atoms with Gasteiger partial charge in [-0.1, -0.05) is 25.5 Å². The van der Waals surface area contributed by atoms with Gasteiger partial charge < -0.3 is 5.73 Å². The number of rotatable bonds is 9. The lowest BCUT2D eigenvalue weighted by atomic mass is 10.2. The van der Waals surface area contributed by atoms with E-state index in [1.807, 2.05) is 6.92 Å². The van der Waals surface area contributed by atoms with E-state index >= 15 is 0 Å². The molecule has 0 fully saturated rings. The minimum atomic E-state index is -3.42. The molecule has 4 nitrogen and oxygen atoms in total. The monoisotopic (exact) mass is 246 g/mol. The van der Waals surface area contributed by atoms with Gasteiger partial charge in [0.05, 0.1) is 5.75 Å². The fraction of sp³-hybridized carbons (Fsp3) is 0.636. The predicted octanol–water partition coefficient (Wildman–Crippen LogP) is 1.17. The fourth-order valence-electron chi connectivity index (χ4n) is 1.34. The summed E-state index contributed by atoms with van der Waals surface area (Å²) in [6, 6.07) is 0. The highest BCUT2D eigenvalue weighted by Gasteiger charge is 2.37. The first-order valence-corrected chi connectivity index (χ1v) is 7.06. The molecular weight excluding hydrogens is 224 g/mol. The Hall–Kier alpha value is -0.650. The highest BCUT2D eigenvalue weighted by Crippen LogP contribution is 2.17. The third-order valence-electron chi connectivity index (χ3n) is 2.34. The maximum atomic E-state index is 12.0. The van der Waals surface area contributed by atoms with Gasteiger partial charge in [-0.3, -0.25) is 5.32 Å². The van der Waals surface area contributed by atoms with Crippen molar-refractivity contribution in [1.29, 1.82) is 0 Å². The topological polar surface area (TPSA) is 72.2 Å². The van der Waals surface area contributed by atoms with Crippen molar-refractivity contribution < 1.29 is 8.42 Å². The second-order valence-electron chi connectivity index (χ2n) is 3.73. The molecule has 0 aromatic carbocycles. The molecule has 0 aliphatic heterocycles. The van der Waals surface area contributed by atoms with E-state index in [-0.39, 0.29) is 5.75 Å². The molecule has 0 radical (unpaired) electrons. The van der Waals surface area contributed by atoms with Gasteiger partial charge in [0.25, 0.3) is 0 Å². The summed E-state index contributed by atoms with van der Waals surface area (Å²) in [6.45, 7) is 9.34. The average molecular weight is 246 g/mol. The fourth-order valence-corrected chi connectivity index (χ4v) is 2.71. The summed E-state index contributed by atoms with van der Waals surface area (Å²) in [4.78, 5) is -1.37. The van der Waals surface area contributed by atoms with Gasteiger partial charge in [-0.2, -0.15) is 0 Å². The van der Waals surface area contributed by atoms with Crippen LogP contribution in [0.25, 0.3) is 0 Å². The first kappa shape index (κ1) is 15.3. The third-order valence-corrected chi connectivity index (χ3v) is 4.47. The lowest BCUT2D eigenvalue weighted by Gasteiger charge is -2.29. The second kappa shape index (κ2) is 6.83. The van der Waals surface area contributed by atoms with Gasteiger partial charge in [-0.05, 0) is 12.8 Å². The summed E-state index contributed by atoms with van der Waals surface area (Å²) in [5.74, 6) is -0.114. The first-order valence-electron chi connectivity index (χ1n) is 5.41.